The Hall–Kier alpha value is -3.43. The first-order valence-corrected chi connectivity index (χ1v) is 9.27. The van der Waals surface area contributed by atoms with E-state index in [1.807, 2.05) is 6.07 Å². The van der Waals surface area contributed by atoms with Gasteiger partial charge in [-0.1, -0.05) is 6.42 Å². The van der Waals surface area contributed by atoms with E-state index in [-0.39, 0.29) is 18.0 Å². The van der Waals surface area contributed by atoms with Crippen molar-refractivity contribution in [3.8, 4) is 17.3 Å². The molecular formula is C19H17F2N7O. The molecule has 29 heavy (non-hydrogen) atoms. The number of hydrogen-bond acceptors (Lipinski definition) is 6. The molecule has 148 valence electrons. The van der Waals surface area contributed by atoms with Crippen LogP contribution in [0.5, 0.6) is 5.88 Å². The summed E-state index contributed by atoms with van der Waals surface area (Å²) < 4.78 is 36.9. The Labute approximate surface area is 164 Å². The monoisotopic (exact) mass is 397 g/mol. The molecule has 1 aliphatic rings. The third-order valence-corrected chi connectivity index (χ3v) is 5.24. The van der Waals surface area contributed by atoms with Gasteiger partial charge in [-0.3, -0.25) is 4.68 Å². The molecule has 0 unspecified atom stereocenters. The van der Waals surface area contributed by atoms with Gasteiger partial charge in [0.25, 0.3) is 0 Å². The molecule has 8 nitrogen and oxygen atoms in total. The molecule has 1 saturated carbocycles. The van der Waals surface area contributed by atoms with Gasteiger partial charge in [0.05, 0.1) is 5.56 Å². The second-order valence-corrected chi connectivity index (χ2v) is 7.04. The van der Waals surface area contributed by atoms with Crippen LogP contribution in [0.15, 0.2) is 30.6 Å². The molecule has 10 heteroatoms. The molecule has 0 spiro atoms. The summed E-state index contributed by atoms with van der Waals surface area (Å²) in [6.07, 6.45) is 4.67. The summed E-state index contributed by atoms with van der Waals surface area (Å²) in [7, 11) is 1.78. The van der Waals surface area contributed by atoms with Crippen molar-refractivity contribution in [1.29, 1.82) is 0 Å². The quantitative estimate of drug-likeness (QED) is 0.515. The van der Waals surface area contributed by atoms with Crippen LogP contribution in [0.2, 0.25) is 0 Å². The van der Waals surface area contributed by atoms with Crippen molar-refractivity contribution < 1.29 is 13.5 Å². The highest BCUT2D eigenvalue weighted by molar-refractivity contribution is 5.60. The van der Waals surface area contributed by atoms with Gasteiger partial charge in [-0.25, -0.2) is 13.8 Å². The molecule has 1 aromatic carbocycles. The second kappa shape index (κ2) is 6.87. The van der Waals surface area contributed by atoms with E-state index in [0.717, 1.165) is 43.0 Å². The summed E-state index contributed by atoms with van der Waals surface area (Å²) in [4.78, 5) is 4.15. The minimum atomic E-state index is -0.605. The summed E-state index contributed by atoms with van der Waals surface area (Å²) in [5, 5.41) is 16.7. The third-order valence-electron chi connectivity index (χ3n) is 5.24. The minimum absolute atomic E-state index is 0.0133. The van der Waals surface area contributed by atoms with Crippen molar-refractivity contribution in [2.24, 2.45) is 7.05 Å². The van der Waals surface area contributed by atoms with Crippen LogP contribution in [0.3, 0.4) is 0 Å². The van der Waals surface area contributed by atoms with Gasteiger partial charge in [0, 0.05) is 12.6 Å². The Balaban J connectivity index is 1.59. The number of nitrogens with zero attached hydrogens (tertiary/aromatic N) is 7. The lowest BCUT2D eigenvalue weighted by Gasteiger charge is -2.26. The van der Waals surface area contributed by atoms with Crippen LogP contribution in [-0.2, 0) is 13.7 Å². The Morgan fingerprint density at radius 2 is 2.03 bits per heavy atom. The Morgan fingerprint density at radius 3 is 2.76 bits per heavy atom. The van der Waals surface area contributed by atoms with Crippen LogP contribution < -0.4 is 4.74 Å². The number of aryl methyl sites for hydroxylation is 1. The fraction of sp³-hybridized carbons (Fsp3) is 0.316. The molecule has 0 amide bonds. The highest BCUT2D eigenvalue weighted by atomic mass is 19.1. The maximum atomic E-state index is 14.3. The van der Waals surface area contributed by atoms with Crippen molar-refractivity contribution in [3.63, 3.8) is 0 Å². The Bertz CT molecular complexity index is 1200. The van der Waals surface area contributed by atoms with Gasteiger partial charge in [0.2, 0.25) is 5.88 Å². The van der Waals surface area contributed by atoms with E-state index < -0.39 is 11.6 Å². The van der Waals surface area contributed by atoms with Crippen LogP contribution in [-0.4, -0.2) is 34.6 Å². The van der Waals surface area contributed by atoms with Gasteiger partial charge in [-0.15, -0.1) is 15.3 Å². The third kappa shape index (κ3) is 3.10. The number of halogens is 2. The molecule has 3 heterocycles. The zero-order valence-corrected chi connectivity index (χ0v) is 15.6. The number of rotatable bonds is 5. The van der Waals surface area contributed by atoms with E-state index in [0.29, 0.717) is 23.3 Å². The molecule has 1 aliphatic carbocycles. The van der Waals surface area contributed by atoms with Crippen LogP contribution >= 0.6 is 0 Å². The van der Waals surface area contributed by atoms with Gasteiger partial charge in [-0.2, -0.15) is 9.61 Å². The van der Waals surface area contributed by atoms with E-state index in [2.05, 4.69) is 25.4 Å². The van der Waals surface area contributed by atoms with Gasteiger partial charge >= 0.3 is 0 Å². The molecule has 3 aromatic heterocycles. The van der Waals surface area contributed by atoms with Crippen molar-refractivity contribution in [3.05, 3.63) is 53.6 Å². The zero-order chi connectivity index (χ0) is 20.0. The normalized spacial score (nSPS) is 14.3. The number of fused-ring (bicyclic) bond motifs is 1. The number of benzene rings is 1. The summed E-state index contributed by atoms with van der Waals surface area (Å²) >= 11 is 0. The summed E-state index contributed by atoms with van der Waals surface area (Å²) in [5.74, 6) is 0.318. The molecule has 0 aliphatic heterocycles. The molecule has 0 N–H and O–H groups in total. The zero-order valence-electron chi connectivity index (χ0n) is 15.6. The highest BCUT2D eigenvalue weighted by Gasteiger charge is 2.26. The summed E-state index contributed by atoms with van der Waals surface area (Å²) in [6.45, 7) is 0.181. The molecule has 0 bridgehead atoms. The molecule has 1 fully saturated rings. The number of hydrogen-bond donors (Lipinski definition) is 0. The van der Waals surface area contributed by atoms with Gasteiger partial charge in [0.1, 0.15) is 24.6 Å². The maximum absolute atomic E-state index is 14.3. The fourth-order valence-electron chi connectivity index (χ4n) is 3.37. The average molecular weight is 397 g/mol. The van der Waals surface area contributed by atoms with Gasteiger partial charge in [0.15, 0.2) is 17.3 Å². The first-order valence-electron chi connectivity index (χ1n) is 9.27. The smallest absolute Gasteiger partial charge is 0.235 e. The van der Waals surface area contributed by atoms with Crippen LogP contribution in [0.25, 0.3) is 17.0 Å². The predicted molar refractivity (Wildman–Crippen MR) is 98.1 cm³/mol. The van der Waals surface area contributed by atoms with Crippen molar-refractivity contribution in [2.45, 2.75) is 31.8 Å². The summed E-state index contributed by atoms with van der Waals surface area (Å²) in [5.41, 5.74) is 1.38. The summed E-state index contributed by atoms with van der Waals surface area (Å²) in [6, 6.07) is 5.05. The lowest BCUT2D eigenvalue weighted by atomic mass is 9.80. The minimum Gasteiger partial charge on any atom is -0.468 e. The molecule has 0 saturated heterocycles. The van der Waals surface area contributed by atoms with Crippen molar-refractivity contribution in [1.82, 2.24) is 34.6 Å². The molecule has 0 radical (unpaired) electrons. The van der Waals surface area contributed by atoms with Crippen LogP contribution in [0.1, 0.15) is 36.6 Å². The molecule has 0 atom stereocenters. The average Bonchev–Trinajstić information content (AvgIpc) is 3.26. The largest absolute Gasteiger partial charge is 0.468 e. The molecule has 4 aromatic rings. The van der Waals surface area contributed by atoms with E-state index in [4.69, 9.17) is 4.74 Å². The SMILES string of the molecule is Cn1ncnc1COc1nn2c(-c3cc(F)ccc3F)nnc2cc1C1CCC1. The van der Waals surface area contributed by atoms with E-state index in [9.17, 15) is 8.78 Å². The van der Waals surface area contributed by atoms with Crippen molar-refractivity contribution in [2.75, 3.05) is 0 Å². The molecule has 5 rings (SSSR count). The molecular weight excluding hydrogens is 380 g/mol. The first kappa shape index (κ1) is 17.7. The predicted octanol–water partition coefficient (Wildman–Crippen LogP) is 3.04. The standard InChI is InChI=1S/C19H17F2N7O/c1-27-17(22-10-23-27)9-29-19-13(11-3-2-4-11)8-16-24-25-18(28(16)26-19)14-7-12(20)5-6-15(14)21/h5-8,10-11H,2-4,9H2,1H3. The second-order valence-electron chi connectivity index (χ2n) is 7.04. The number of ether oxygens (including phenoxy) is 1. The van der Waals surface area contributed by atoms with Gasteiger partial charge in [-0.05, 0) is 43.0 Å². The van der Waals surface area contributed by atoms with Crippen LogP contribution in [0.4, 0.5) is 8.78 Å². The topological polar surface area (TPSA) is 83.0 Å². The van der Waals surface area contributed by atoms with Gasteiger partial charge < -0.3 is 4.74 Å². The van der Waals surface area contributed by atoms with Crippen molar-refractivity contribution >= 4 is 5.65 Å². The number of aromatic nitrogens is 7. The highest BCUT2D eigenvalue weighted by Crippen LogP contribution is 2.40. The van der Waals surface area contributed by atoms with Crippen LogP contribution in [0, 0.1) is 11.6 Å². The fourth-order valence-corrected chi connectivity index (χ4v) is 3.37. The van der Waals surface area contributed by atoms with E-state index in [1.165, 1.54) is 10.8 Å². The first-order chi connectivity index (χ1) is 14.1. The van der Waals surface area contributed by atoms with E-state index in [1.54, 1.807) is 11.7 Å². The lowest BCUT2D eigenvalue weighted by Crippen LogP contribution is -2.14. The Morgan fingerprint density at radius 1 is 1.17 bits per heavy atom. The Kier molecular flexibility index (Phi) is 4.18. The van der Waals surface area contributed by atoms with E-state index >= 15 is 0 Å². The lowest BCUT2D eigenvalue weighted by molar-refractivity contribution is 0.263. The maximum Gasteiger partial charge on any atom is 0.235 e.